The molecule has 2 aromatic carbocycles. The summed E-state index contributed by atoms with van der Waals surface area (Å²) in [6.45, 7) is 3.85. The van der Waals surface area contributed by atoms with Gasteiger partial charge in [0.15, 0.2) is 5.69 Å². The first-order chi connectivity index (χ1) is 16.8. The van der Waals surface area contributed by atoms with Crippen LogP contribution in [0.4, 0.5) is 10.5 Å². The number of aromatic carboxylic acids is 1. The number of carbonyl (C=O) groups is 3. The lowest BCUT2D eigenvalue weighted by Crippen LogP contribution is -2.48. The van der Waals surface area contributed by atoms with Crippen LogP contribution in [-0.2, 0) is 16.6 Å². The Labute approximate surface area is 203 Å². The third-order valence-electron chi connectivity index (χ3n) is 6.40. The molecule has 2 atom stereocenters. The van der Waals surface area contributed by atoms with E-state index in [1.807, 2.05) is 50.2 Å². The number of amides is 2. The minimum absolute atomic E-state index is 0.0626. The van der Waals surface area contributed by atoms with Crippen LogP contribution < -0.4 is 10.6 Å². The number of benzene rings is 2. The summed E-state index contributed by atoms with van der Waals surface area (Å²) in [5.41, 5.74) is 4.22. The van der Waals surface area contributed by atoms with E-state index in [4.69, 9.17) is 4.74 Å². The van der Waals surface area contributed by atoms with Crippen molar-refractivity contribution >= 4 is 23.7 Å². The number of alkyl carbamates (subject to hydrolysis) is 1. The summed E-state index contributed by atoms with van der Waals surface area (Å²) in [5, 5.41) is 18.4. The highest BCUT2D eigenvalue weighted by Gasteiger charge is 2.31. The summed E-state index contributed by atoms with van der Waals surface area (Å²) in [7, 11) is 1.56. The van der Waals surface area contributed by atoms with E-state index in [9.17, 15) is 19.5 Å². The van der Waals surface area contributed by atoms with Crippen LogP contribution in [0.3, 0.4) is 0 Å². The SMILES string of the molecule is CCC(C)C(NC(=O)OCC1c2ccccc2-c2ccccc21)C(=O)Nc1cn(C)nc1C(=O)O. The zero-order valence-electron chi connectivity index (χ0n) is 19.8. The molecule has 0 fully saturated rings. The molecule has 3 aromatic rings. The van der Waals surface area contributed by atoms with E-state index in [2.05, 4.69) is 27.9 Å². The van der Waals surface area contributed by atoms with Crippen molar-refractivity contribution in [1.82, 2.24) is 15.1 Å². The van der Waals surface area contributed by atoms with E-state index < -0.39 is 24.0 Å². The van der Waals surface area contributed by atoms with E-state index in [-0.39, 0.29) is 29.8 Å². The van der Waals surface area contributed by atoms with Gasteiger partial charge < -0.3 is 20.5 Å². The fourth-order valence-electron chi connectivity index (χ4n) is 4.42. The summed E-state index contributed by atoms with van der Waals surface area (Å²) < 4.78 is 6.89. The van der Waals surface area contributed by atoms with Gasteiger partial charge in [-0.1, -0.05) is 68.8 Å². The minimum Gasteiger partial charge on any atom is -0.476 e. The van der Waals surface area contributed by atoms with Gasteiger partial charge in [-0.25, -0.2) is 9.59 Å². The molecule has 0 saturated heterocycles. The second-order valence-electron chi connectivity index (χ2n) is 8.69. The molecule has 3 N–H and O–H groups in total. The average molecular weight is 477 g/mol. The van der Waals surface area contributed by atoms with Gasteiger partial charge >= 0.3 is 12.1 Å². The number of carboxylic acid groups (broad SMARTS) is 1. The molecule has 0 spiro atoms. The molecule has 9 heteroatoms. The van der Waals surface area contributed by atoms with Crippen molar-refractivity contribution in [1.29, 1.82) is 0 Å². The number of rotatable bonds is 8. The van der Waals surface area contributed by atoms with Crippen LogP contribution >= 0.6 is 0 Å². The van der Waals surface area contributed by atoms with Gasteiger partial charge in [0.05, 0.1) is 5.69 Å². The number of hydrogen-bond acceptors (Lipinski definition) is 5. The lowest BCUT2D eigenvalue weighted by Gasteiger charge is -2.23. The van der Waals surface area contributed by atoms with Crippen molar-refractivity contribution < 1.29 is 24.2 Å². The highest BCUT2D eigenvalue weighted by Crippen LogP contribution is 2.44. The third-order valence-corrected chi connectivity index (χ3v) is 6.40. The number of carbonyl (C=O) groups excluding carboxylic acids is 2. The average Bonchev–Trinajstić information content (AvgIpc) is 3.38. The minimum atomic E-state index is -1.26. The lowest BCUT2D eigenvalue weighted by atomic mass is 9.98. The highest BCUT2D eigenvalue weighted by molar-refractivity contribution is 6.01. The number of ether oxygens (including phenoxy) is 1. The predicted octanol–water partition coefficient (Wildman–Crippen LogP) is 4.01. The second-order valence-corrected chi connectivity index (χ2v) is 8.69. The van der Waals surface area contributed by atoms with Gasteiger partial charge in [0.1, 0.15) is 12.6 Å². The van der Waals surface area contributed by atoms with Crippen LogP contribution in [0.25, 0.3) is 11.1 Å². The van der Waals surface area contributed by atoms with E-state index in [0.29, 0.717) is 6.42 Å². The van der Waals surface area contributed by atoms with Crippen molar-refractivity contribution in [3.8, 4) is 11.1 Å². The Morgan fingerprint density at radius 1 is 1.09 bits per heavy atom. The highest BCUT2D eigenvalue weighted by atomic mass is 16.5. The molecule has 0 radical (unpaired) electrons. The fourth-order valence-corrected chi connectivity index (χ4v) is 4.42. The Hall–Kier alpha value is -4.14. The molecule has 0 saturated carbocycles. The smallest absolute Gasteiger partial charge is 0.407 e. The molecule has 2 unspecified atom stereocenters. The monoisotopic (exact) mass is 476 g/mol. The quantitative estimate of drug-likeness (QED) is 0.452. The molecule has 182 valence electrons. The number of aromatic nitrogens is 2. The second kappa shape index (κ2) is 10.0. The molecular weight excluding hydrogens is 448 g/mol. The molecule has 35 heavy (non-hydrogen) atoms. The molecule has 1 heterocycles. The lowest BCUT2D eigenvalue weighted by molar-refractivity contribution is -0.119. The van der Waals surface area contributed by atoms with Crippen LogP contribution in [0.15, 0.2) is 54.7 Å². The van der Waals surface area contributed by atoms with Crippen LogP contribution in [0.2, 0.25) is 0 Å². The molecule has 1 aliphatic rings. The molecule has 1 aromatic heterocycles. The van der Waals surface area contributed by atoms with E-state index in [0.717, 1.165) is 22.3 Å². The molecule has 0 aliphatic heterocycles. The van der Waals surface area contributed by atoms with Crippen LogP contribution in [0.1, 0.15) is 47.8 Å². The zero-order valence-corrected chi connectivity index (χ0v) is 19.8. The summed E-state index contributed by atoms with van der Waals surface area (Å²) in [5.74, 6) is -2.12. The molecule has 4 rings (SSSR count). The normalized spacial score (nSPS) is 13.9. The number of nitrogens with zero attached hydrogens (tertiary/aromatic N) is 2. The van der Waals surface area contributed by atoms with Gasteiger partial charge in [-0.05, 0) is 28.2 Å². The van der Waals surface area contributed by atoms with Crippen molar-refractivity contribution in [3.05, 3.63) is 71.5 Å². The van der Waals surface area contributed by atoms with E-state index in [1.165, 1.54) is 10.9 Å². The Morgan fingerprint density at radius 3 is 2.26 bits per heavy atom. The van der Waals surface area contributed by atoms with Crippen LogP contribution in [-0.4, -0.2) is 45.5 Å². The first-order valence-electron chi connectivity index (χ1n) is 11.5. The molecular formula is C26H28N4O5. The van der Waals surface area contributed by atoms with Gasteiger partial charge in [0.2, 0.25) is 5.91 Å². The number of carboxylic acids is 1. The first-order valence-corrected chi connectivity index (χ1v) is 11.5. The fraction of sp³-hybridized carbons (Fsp3) is 0.308. The summed E-state index contributed by atoms with van der Waals surface area (Å²) in [6, 6.07) is 15.2. The Bertz CT molecular complexity index is 1220. The van der Waals surface area contributed by atoms with Crippen molar-refractivity contribution in [2.24, 2.45) is 13.0 Å². The van der Waals surface area contributed by atoms with Crippen LogP contribution in [0.5, 0.6) is 0 Å². The van der Waals surface area contributed by atoms with Gasteiger partial charge in [0, 0.05) is 19.2 Å². The molecule has 0 bridgehead atoms. The zero-order chi connectivity index (χ0) is 25.1. The summed E-state index contributed by atoms with van der Waals surface area (Å²) >= 11 is 0. The van der Waals surface area contributed by atoms with Crippen molar-refractivity contribution in [2.45, 2.75) is 32.2 Å². The predicted molar refractivity (Wildman–Crippen MR) is 130 cm³/mol. The number of hydrogen-bond donors (Lipinski definition) is 3. The van der Waals surface area contributed by atoms with Crippen molar-refractivity contribution in [3.63, 3.8) is 0 Å². The number of fused-ring (bicyclic) bond motifs is 3. The maximum Gasteiger partial charge on any atom is 0.407 e. The van der Waals surface area contributed by atoms with Gasteiger partial charge in [-0.15, -0.1) is 0 Å². The summed E-state index contributed by atoms with van der Waals surface area (Å²) in [4.78, 5) is 37.2. The number of nitrogens with one attached hydrogen (secondary N) is 2. The topological polar surface area (TPSA) is 123 Å². The van der Waals surface area contributed by atoms with Gasteiger partial charge in [-0.2, -0.15) is 5.10 Å². The third kappa shape index (κ3) is 4.89. The molecule has 2 amide bonds. The Balaban J connectivity index is 1.45. The van der Waals surface area contributed by atoms with E-state index >= 15 is 0 Å². The molecule has 1 aliphatic carbocycles. The Kier molecular flexibility index (Phi) is 6.86. The van der Waals surface area contributed by atoms with Crippen LogP contribution in [0, 0.1) is 5.92 Å². The number of aryl methyl sites for hydroxylation is 1. The van der Waals surface area contributed by atoms with Gasteiger partial charge in [0.25, 0.3) is 0 Å². The first kappa shape index (κ1) is 24.0. The summed E-state index contributed by atoms with van der Waals surface area (Å²) in [6.07, 6.45) is 1.31. The van der Waals surface area contributed by atoms with E-state index in [1.54, 1.807) is 7.05 Å². The number of anilines is 1. The maximum atomic E-state index is 13.0. The van der Waals surface area contributed by atoms with Gasteiger partial charge in [-0.3, -0.25) is 9.48 Å². The van der Waals surface area contributed by atoms with Crippen molar-refractivity contribution in [2.75, 3.05) is 11.9 Å². The maximum absolute atomic E-state index is 13.0. The molecule has 9 nitrogen and oxygen atoms in total. The Morgan fingerprint density at radius 2 is 1.69 bits per heavy atom. The largest absolute Gasteiger partial charge is 0.476 e. The standard InChI is InChI=1S/C26H28N4O5/c1-4-15(2)22(24(31)27-21-13-30(3)29-23(21)25(32)33)28-26(34)35-14-20-18-11-7-5-9-16(18)17-10-6-8-12-19(17)20/h5-13,15,20,22H,4,14H2,1-3H3,(H,27,31)(H,28,34)(H,32,33).